The Labute approximate surface area is 183 Å². The summed E-state index contributed by atoms with van der Waals surface area (Å²) in [6, 6.07) is 21.2. The fourth-order valence-corrected chi connectivity index (χ4v) is 4.95. The van der Waals surface area contributed by atoms with E-state index in [9.17, 15) is 13.2 Å². The summed E-state index contributed by atoms with van der Waals surface area (Å²) in [4.78, 5) is 19.8. The Kier molecular flexibility index (Phi) is 5.60. The highest BCUT2D eigenvalue weighted by molar-refractivity contribution is 7.90. The van der Waals surface area contributed by atoms with Crippen LogP contribution >= 0.6 is 22.9 Å². The Hall–Kier alpha value is -2.74. The Morgan fingerprint density at radius 1 is 1.03 bits per heavy atom. The second kappa shape index (κ2) is 8.18. The highest BCUT2D eigenvalue weighted by Crippen LogP contribution is 2.33. The average molecular weight is 457 g/mol. The maximum absolute atomic E-state index is 13.4. The van der Waals surface area contributed by atoms with E-state index in [1.807, 2.05) is 30.3 Å². The number of hydrogen-bond donors (Lipinski definition) is 0. The summed E-state index contributed by atoms with van der Waals surface area (Å²) < 4.78 is 24.5. The summed E-state index contributed by atoms with van der Waals surface area (Å²) >= 11 is 7.54. The zero-order valence-electron chi connectivity index (χ0n) is 15.9. The van der Waals surface area contributed by atoms with Crippen molar-refractivity contribution >= 4 is 54.0 Å². The number of carbonyl (C=O) groups excluding carboxylic acids is 1. The van der Waals surface area contributed by atoms with Crippen molar-refractivity contribution in [2.45, 2.75) is 11.4 Å². The number of aromatic nitrogens is 1. The van der Waals surface area contributed by atoms with Gasteiger partial charge in [0.1, 0.15) is 0 Å². The molecule has 4 aromatic rings. The number of amides is 1. The van der Waals surface area contributed by atoms with Gasteiger partial charge >= 0.3 is 0 Å². The summed E-state index contributed by atoms with van der Waals surface area (Å²) in [7, 11) is -3.34. The number of fused-ring (bicyclic) bond motifs is 1. The van der Waals surface area contributed by atoms with E-state index in [0.29, 0.717) is 32.5 Å². The van der Waals surface area contributed by atoms with Gasteiger partial charge in [-0.05, 0) is 35.9 Å². The van der Waals surface area contributed by atoms with Crippen LogP contribution in [-0.4, -0.2) is 25.6 Å². The molecule has 0 unspecified atom stereocenters. The van der Waals surface area contributed by atoms with Crippen LogP contribution < -0.4 is 4.90 Å². The summed E-state index contributed by atoms with van der Waals surface area (Å²) in [5, 5.41) is 0.838. The van der Waals surface area contributed by atoms with Gasteiger partial charge in [-0.3, -0.25) is 9.69 Å². The fourth-order valence-electron chi connectivity index (χ4n) is 3.01. The van der Waals surface area contributed by atoms with E-state index in [-0.39, 0.29) is 10.8 Å². The summed E-state index contributed by atoms with van der Waals surface area (Å²) in [6.07, 6.45) is 1.17. The molecule has 1 aromatic heterocycles. The minimum absolute atomic E-state index is 0.220. The molecular formula is C22H17ClN2O3S2. The van der Waals surface area contributed by atoms with Crippen LogP contribution in [0.4, 0.5) is 5.13 Å². The molecule has 0 aliphatic heterocycles. The third kappa shape index (κ3) is 4.23. The number of halogens is 1. The first-order chi connectivity index (χ1) is 14.3. The zero-order chi connectivity index (χ0) is 21.3. The zero-order valence-corrected chi connectivity index (χ0v) is 18.3. The third-order valence-electron chi connectivity index (χ3n) is 4.54. The first-order valence-electron chi connectivity index (χ1n) is 9.04. The lowest BCUT2D eigenvalue weighted by Gasteiger charge is -2.20. The molecule has 30 heavy (non-hydrogen) atoms. The highest BCUT2D eigenvalue weighted by atomic mass is 35.5. The number of anilines is 1. The van der Waals surface area contributed by atoms with Crippen molar-refractivity contribution in [3.8, 4) is 0 Å². The number of hydrogen-bond acceptors (Lipinski definition) is 5. The van der Waals surface area contributed by atoms with Crippen LogP contribution in [-0.2, 0) is 16.4 Å². The van der Waals surface area contributed by atoms with E-state index in [0.717, 1.165) is 5.56 Å². The largest absolute Gasteiger partial charge is 0.279 e. The van der Waals surface area contributed by atoms with Crippen molar-refractivity contribution in [3.05, 3.63) is 88.9 Å². The molecule has 4 rings (SSSR count). The van der Waals surface area contributed by atoms with Gasteiger partial charge in [-0.1, -0.05) is 65.4 Å². The SMILES string of the molecule is CS(=O)(=O)c1ccc2nc(N(Cc3ccccc3)C(=O)c3ccccc3Cl)sc2c1. The van der Waals surface area contributed by atoms with Crippen LogP contribution in [0, 0.1) is 0 Å². The smallest absolute Gasteiger partial charge is 0.261 e. The van der Waals surface area contributed by atoms with Gasteiger partial charge in [0, 0.05) is 6.26 Å². The number of rotatable bonds is 5. The van der Waals surface area contributed by atoms with Crippen molar-refractivity contribution in [1.29, 1.82) is 0 Å². The second-order valence-electron chi connectivity index (χ2n) is 6.75. The quantitative estimate of drug-likeness (QED) is 0.414. The van der Waals surface area contributed by atoms with Gasteiger partial charge in [0.2, 0.25) is 0 Å². The van der Waals surface area contributed by atoms with Gasteiger partial charge < -0.3 is 0 Å². The van der Waals surface area contributed by atoms with Crippen molar-refractivity contribution < 1.29 is 13.2 Å². The lowest BCUT2D eigenvalue weighted by Crippen LogP contribution is -2.30. The number of nitrogens with zero attached hydrogens (tertiary/aromatic N) is 2. The molecule has 0 N–H and O–H groups in total. The minimum atomic E-state index is -3.34. The van der Waals surface area contributed by atoms with Gasteiger partial charge in [-0.15, -0.1) is 0 Å². The highest BCUT2D eigenvalue weighted by Gasteiger charge is 2.23. The summed E-state index contributed by atoms with van der Waals surface area (Å²) in [5.74, 6) is -0.271. The predicted molar refractivity (Wildman–Crippen MR) is 121 cm³/mol. The van der Waals surface area contributed by atoms with Crippen molar-refractivity contribution in [1.82, 2.24) is 4.98 Å². The average Bonchev–Trinajstić information content (AvgIpc) is 3.15. The van der Waals surface area contributed by atoms with E-state index < -0.39 is 9.84 Å². The summed E-state index contributed by atoms with van der Waals surface area (Å²) in [6.45, 7) is 0.309. The monoisotopic (exact) mass is 456 g/mol. The Morgan fingerprint density at radius 2 is 1.73 bits per heavy atom. The van der Waals surface area contributed by atoms with Gasteiger partial charge in [0.15, 0.2) is 15.0 Å². The van der Waals surface area contributed by atoms with Gasteiger partial charge in [-0.25, -0.2) is 13.4 Å². The molecule has 0 saturated carbocycles. The molecule has 0 spiro atoms. The van der Waals surface area contributed by atoms with Crippen molar-refractivity contribution in [2.24, 2.45) is 0 Å². The maximum atomic E-state index is 13.4. The van der Waals surface area contributed by atoms with E-state index in [1.165, 1.54) is 23.7 Å². The number of sulfone groups is 1. The van der Waals surface area contributed by atoms with E-state index in [4.69, 9.17) is 11.6 Å². The standard InChI is InChI=1S/C22H17ClN2O3S2/c1-30(27,28)16-11-12-19-20(13-16)29-22(24-19)25(14-15-7-3-2-4-8-15)21(26)17-9-5-6-10-18(17)23/h2-13H,14H2,1H3. The molecule has 0 aliphatic rings. The minimum Gasteiger partial charge on any atom is -0.279 e. The van der Waals surface area contributed by atoms with Crippen LogP contribution in [0.3, 0.4) is 0 Å². The van der Waals surface area contributed by atoms with Crippen LogP contribution in [0.15, 0.2) is 77.7 Å². The van der Waals surface area contributed by atoms with E-state index in [2.05, 4.69) is 4.98 Å². The molecule has 152 valence electrons. The Bertz CT molecular complexity index is 1340. The van der Waals surface area contributed by atoms with E-state index >= 15 is 0 Å². The Balaban J connectivity index is 1.81. The molecule has 0 atom stereocenters. The predicted octanol–water partition coefficient (Wildman–Crippen LogP) is 5.20. The van der Waals surface area contributed by atoms with Gasteiger partial charge in [0.25, 0.3) is 5.91 Å². The van der Waals surface area contributed by atoms with E-state index in [1.54, 1.807) is 41.3 Å². The molecule has 5 nitrogen and oxygen atoms in total. The molecule has 1 amide bonds. The van der Waals surface area contributed by atoms with Crippen molar-refractivity contribution in [3.63, 3.8) is 0 Å². The normalized spacial score (nSPS) is 11.5. The molecule has 8 heteroatoms. The maximum Gasteiger partial charge on any atom is 0.261 e. The van der Waals surface area contributed by atoms with Crippen LogP contribution in [0.5, 0.6) is 0 Å². The van der Waals surface area contributed by atoms with Crippen LogP contribution in [0.2, 0.25) is 5.02 Å². The first kappa shape index (κ1) is 20.5. The molecule has 1 heterocycles. The first-order valence-corrected chi connectivity index (χ1v) is 12.1. The Morgan fingerprint density at radius 3 is 2.43 bits per heavy atom. The molecule has 0 saturated heterocycles. The third-order valence-corrected chi connectivity index (χ3v) is 7.02. The molecule has 0 radical (unpaired) electrons. The number of benzene rings is 3. The molecule has 0 bridgehead atoms. The van der Waals surface area contributed by atoms with Crippen molar-refractivity contribution in [2.75, 3.05) is 11.2 Å². The lowest BCUT2D eigenvalue weighted by atomic mass is 10.1. The lowest BCUT2D eigenvalue weighted by molar-refractivity contribution is 0.0985. The number of thiazole rings is 1. The second-order valence-corrected chi connectivity index (χ2v) is 10.2. The van der Waals surface area contributed by atoms with Gasteiger partial charge in [-0.2, -0.15) is 0 Å². The van der Waals surface area contributed by atoms with Crippen LogP contribution in [0.25, 0.3) is 10.2 Å². The molecule has 0 aliphatic carbocycles. The summed E-state index contributed by atoms with van der Waals surface area (Å²) in [5.41, 5.74) is 1.95. The topological polar surface area (TPSA) is 67.3 Å². The van der Waals surface area contributed by atoms with Gasteiger partial charge in [0.05, 0.1) is 32.2 Å². The molecular weight excluding hydrogens is 440 g/mol. The van der Waals surface area contributed by atoms with Crippen LogP contribution in [0.1, 0.15) is 15.9 Å². The number of carbonyl (C=O) groups is 1. The molecule has 3 aromatic carbocycles. The fraction of sp³-hybridized carbons (Fsp3) is 0.0909. The molecule has 0 fully saturated rings.